The van der Waals surface area contributed by atoms with Crippen molar-refractivity contribution in [2.45, 2.75) is 18.9 Å². The van der Waals surface area contributed by atoms with Gasteiger partial charge in [0, 0.05) is 18.9 Å². The van der Waals surface area contributed by atoms with Gasteiger partial charge in [0.2, 0.25) is 5.91 Å². The Hall–Kier alpha value is -0.800. The number of nitrogens with two attached hydrogens (primary N) is 1. The summed E-state index contributed by atoms with van der Waals surface area (Å²) in [6.45, 7) is 1.16. The van der Waals surface area contributed by atoms with Crippen LogP contribution in [0.15, 0.2) is 12.1 Å². The quantitative estimate of drug-likeness (QED) is 0.609. The molecular formula is C13H15F2IN2O2. The minimum absolute atomic E-state index is 0.0299. The number of anilines is 1. The molecule has 1 heterocycles. The monoisotopic (exact) mass is 396 g/mol. The highest BCUT2D eigenvalue weighted by molar-refractivity contribution is 14.1. The van der Waals surface area contributed by atoms with Crippen molar-refractivity contribution in [1.82, 2.24) is 0 Å². The van der Waals surface area contributed by atoms with Gasteiger partial charge in [0.15, 0.2) is 0 Å². The molecule has 3 N–H and O–H groups in total. The van der Waals surface area contributed by atoms with Crippen molar-refractivity contribution in [3.8, 4) is 0 Å². The van der Waals surface area contributed by atoms with Gasteiger partial charge in [-0.2, -0.15) is 0 Å². The Morgan fingerprint density at radius 3 is 2.45 bits per heavy atom. The Morgan fingerprint density at radius 2 is 1.90 bits per heavy atom. The molecule has 2 rings (SSSR count). The molecule has 0 aromatic heterocycles. The van der Waals surface area contributed by atoms with Crippen LogP contribution < -0.4 is 11.1 Å². The van der Waals surface area contributed by atoms with E-state index in [9.17, 15) is 13.6 Å². The molecule has 0 aliphatic carbocycles. The van der Waals surface area contributed by atoms with E-state index in [4.69, 9.17) is 10.5 Å². The molecule has 7 heteroatoms. The fourth-order valence-electron chi connectivity index (χ4n) is 2.14. The van der Waals surface area contributed by atoms with Crippen molar-refractivity contribution in [1.29, 1.82) is 0 Å². The van der Waals surface area contributed by atoms with E-state index in [2.05, 4.69) is 5.32 Å². The molecule has 1 fully saturated rings. The zero-order valence-electron chi connectivity index (χ0n) is 10.7. The fraction of sp³-hybridized carbons (Fsp3) is 0.462. The van der Waals surface area contributed by atoms with Crippen molar-refractivity contribution in [3.63, 3.8) is 0 Å². The van der Waals surface area contributed by atoms with Crippen LogP contribution >= 0.6 is 22.6 Å². The number of nitrogens with one attached hydrogen (secondary N) is 1. The van der Waals surface area contributed by atoms with Crippen LogP contribution in [0.4, 0.5) is 14.5 Å². The van der Waals surface area contributed by atoms with Gasteiger partial charge in [-0.25, -0.2) is 8.78 Å². The van der Waals surface area contributed by atoms with Crippen molar-refractivity contribution in [3.05, 3.63) is 27.3 Å². The standard InChI is InChI=1S/C13H15F2IN2O2/c14-9-5-8(6-10(15)11(9)16)18-13(19)12(17)7-1-3-20-4-2-7/h5-7,12H,1-4,17H2,(H,18,19). The van der Waals surface area contributed by atoms with E-state index < -0.39 is 23.6 Å². The average Bonchev–Trinajstić information content (AvgIpc) is 2.44. The molecule has 1 aromatic rings. The molecule has 4 nitrogen and oxygen atoms in total. The summed E-state index contributed by atoms with van der Waals surface area (Å²) in [5.41, 5.74) is 5.97. The summed E-state index contributed by atoms with van der Waals surface area (Å²) in [5.74, 6) is -1.82. The number of ether oxygens (including phenoxy) is 1. The zero-order valence-corrected chi connectivity index (χ0v) is 12.8. The second-order valence-electron chi connectivity index (χ2n) is 4.72. The summed E-state index contributed by atoms with van der Waals surface area (Å²) in [7, 11) is 0. The molecular weight excluding hydrogens is 381 g/mol. The highest BCUT2D eigenvalue weighted by atomic mass is 127. The lowest BCUT2D eigenvalue weighted by atomic mass is 9.92. The second kappa shape index (κ2) is 6.77. The van der Waals surface area contributed by atoms with Gasteiger partial charge < -0.3 is 15.8 Å². The third kappa shape index (κ3) is 3.64. The minimum Gasteiger partial charge on any atom is -0.381 e. The predicted octanol–water partition coefficient (Wildman–Crippen LogP) is 2.26. The summed E-state index contributed by atoms with van der Waals surface area (Å²) in [6, 6.07) is 1.46. The average molecular weight is 396 g/mol. The Morgan fingerprint density at radius 1 is 1.35 bits per heavy atom. The van der Waals surface area contributed by atoms with Gasteiger partial charge in [-0.1, -0.05) is 0 Å². The van der Waals surface area contributed by atoms with Crippen molar-refractivity contribution >= 4 is 34.2 Å². The Kier molecular flexibility index (Phi) is 5.28. The highest BCUT2D eigenvalue weighted by Gasteiger charge is 2.26. The number of carbonyl (C=O) groups is 1. The number of hydrogen-bond acceptors (Lipinski definition) is 3. The van der Waals surface area contributed by atoms with Crippen LogP contribution in [-0.2, 0) is 9.53 Å². The molecule has 1 aliphatic rings. The maximum absolute atomic E-state index is 13.4. The normalized spacial score (nSPS) is 17.8. The van der Waals surface area contributed by atoms with Gasteiger partial charge in [-0.15, -0.1) is 0 Å². The molecule has 110 valence electrons. The third-order valence-electron chi connectivity index (χ3n) is 3.33. The van der Waals surface area contributed by atoms with E-state index in [0.717, 1.165) is 12.1 Å². The molecule has 0 saturated carbocycles. The highest BCUT2D eigenvalue weighted by Crippen LogP contribution is 2.22. The van der Waals surface area contributed by atoms with E-state index in [1.807, 2.05) is 0 Å². The molecule has 1 atom stereocenters. The lowest BCUT2D eigenvalue weighted by Gasteiger charge is -2.26. The minimum atomic E-state index is -0.708. The lowest BCUT2D eigenvalue weighted by molar-refractivity contribution is -0.119. The van der Waals surface area contributed by atoms with Crippen LogP contribution in [0.5, 0.6) is 0 Å². The first-order valence-electron chi connectivity index (χ1n) is 6.27. The molecule has 1 aromatic carbocycles. The molecule has 0 radical (unpaired) electrons. The number of benzene rings is 1. The largest absolute Gasteiger partial charge is 0.381 e. The fourth-order valence-corrected chi connectivity index (χ4v) is 2.45. The van der Waals surface area contributed by atoms with Gasteiger partial charge in [-0.3, -0.25) is 4.79 Å². The zero-order chi connectivity index (χ0) is 14.7. The van der Waals surface area contributed by atoms with Crippen LogP contribution in [0.1, 0.15) is 12.8 Å². The first kappa shape index (κ1) is 15.6. The smallest absolute Gasteiger partial charge is 0.241 e. The van der Waals surface area contributed by atoms with Crippen LogP contribution in [-0.4, -0.2) is 25.2 Å². The van der Waals surface area contributed by atoms with E-state index in [1.54, 1.807) is 22.6 Å². The molecule has 1 unspecified atom stereocenters. The summed E-state index contributed by atoms with van der Waals surface area (Å²) in [6.07, 6.45) is 1.42. The van der Waals surface area contributed by atoms with Gasteiger partial charge in [0.25, 0.3) is 0 Å². The predicted molar refractivity (Wildman–Crippen MR) is 79.2 cm³/mol. The van der Waals surface area contributed by atoms with Gasteiger partial charge in [0.05, 0.1) is 9.61 Å². The van der Waals surface area contributed by atoms with Crippen molar-refractivity contribution in [2.75, 3.05) is 18.5 Å². The number of amides is 1. The number of halogens is 3. The lowest BCUT2D eigenvalue weighted by Crippen LogP contribution is -2.44. The maximum atomic E-state index is 13.4. The second-order valence-corrected chi connectivity index (χ2v) is 5.80. The van der Waals surface area contributed by atoms with Crippen molar-refractivity contribution in [2.24, 2.45) is 11.7 Å². The topological polar surface area (TPSA) is 64.4 Å². The number of rotatable bonds is 3. The van der Waals surface area contributed by atoms with E-state index in [1.165, 1.54) is 0 Å². The summed E-state index contributed by atoms with van der Waals surface area (Å²) < 4.78 is 31.9. The molecule has 1 aliphatic heterocycles. The SMILES string of the molecule is NC(C(=O)Nc1cc(F)c(I)c(F)c1)C1CCOCC1. The maximum Gasteiger partial charge on any atom is 0.241 e. The van der Waals surface area contributed by atoms with Crippen LogP contribution in [0.2, 0.25) is 0 Å². The summed E-state index contributed by atoms with van der Waals surface area (Å²) in [4.78, 5) is 12.0. The van der Waals surface area contributed by atoms with Gasteiger partial charge in [0.1, 0.15) is 11.6 Å². The Labute approximate surface area is 129 Å². The molecule has 0 spiro atoms. The molecule has 20 heavy (non-hydrogen) atoms. The molecule has 1 amide bonds. The first-order chi connectivity index (χ1) is 9.49. The third-order valence-corrected chi connectivity index (χ3v) is 4.36. The number of carbonyl (C=O) groups excluding carboxylic acids is 1. The van der Waals surface area contributed by atoms with Crippen LogP contribution in [0.25, 0.3) is 0 Å². The summed E-state index contributed by atoms with van der Waals surface area (Å²) >= 11 is 1.57. The van der Waals surface area contributed by atoms with Gasteiger partial charge in [-0.05, 0) is 53.5 Å². The van der Waals surface area contributed by atoms with Crippen molar-refractivity contribution < 1.29 is 18.3 Å². The van der Waals surface area contributed by atoms with E-state index >= 15 is 0 Å². The van der Waals surface area contributed by atoms with Crippen LogP contribution in [0.3, 0.4) is 0 Å². The summed E-state index contributed by atoms with van der Waals surface area (Å²) in [5, 5.41) is 2.46. The Balaban J connectivity index is 2.03. The van der Waals surface area contributed by atoms with E-state index in [-0.39, 0.29) is 15.2 Å². The van der Waals surface area contributed by atoms with Crippen LogP contribution in [0, 0.1) is 21.1 Å². The number of hydrogen-bond donors (Lipinski definition) is 2. The first-order valence-corrected chi connectivity index (χ1v) is 7.35. The van der Waals surface area contributed by atoms with E-state index in [0.29, 0.717) is 26.1 Å². The Bertz CT molecular complexity index is 484. The van der Waals surface area contributed by atoms with Gasteiger partial charge >= 0.3 is 0 Å². The molecule has 1 saturated heterocycles. The molecule has 0 bridgehead atoms.